The summed E-state index contributed by atoms with van der Waals surface area (Å²) in [5, 5.41) is 0. The lowest BCUT2D eigenvalue weighted by Gasteiger charge is -2.22. The summed E-state index contributed by atoms with van der Waals surface area (Å²) in [4.78, 5) is 11.4. The predicted molar refractivity (Wildman–Crippen MR) is 66.8 cm³/mol. The van der Waals surface area contributed by atoms with E-state index in [1.165, 1.54) is 7.11 Å². The van der Waals surface area contributed by atoms with Gasteiger partial charge in [0, 0.05) is 11.1 Å². The van der Waals surface area contributed by atoms with Crippen LogP contribution >= 0.6 is 15.9 Å². The van der Waals surface area contributed by atoms with E-state index in [0.29, 0.717) is 23.2 Å². The second-order valence-corrected chi connectivity index (χ2v) is 5.00. The second-order valence-electron chi connectivity index (χ2n) is 4.14. The molecule has 1 fully saturated rings. The van der Waals surface area contributed by atoms with Gasteiger partial charge in [0.2, 0.25) is 0 Å². The van der Waals surface area contributed by atoms with Crippen LogP contribution in [0.25, 0.3) is 0 Å². The zero-order valence-electron chi connectivity index (χ0n) is 9.53. The standard InChI is InChI=1S/C12H14BrNO3/c1-16-11(15)9-3-2-8(6-10(9)13)12(14)4-5-17-7-12/h2-3,6H,4-5,7,14H2,1H3. The third-order valence-corrected chi connectivity index (χ3v) is 3.66. The van der Waals surface area contributed by atoms with E-state index in [9.17, 15) is 4.79 Å². The molecule has 0 saturated carbocycles. The number of ether oxygens (including phenoxy) is 2. The van der Waals surface area contributed by atoms with Crippen molar-refractivity contribution in [1.29, 1.82) is 0 Å². The normalized spacial score (nSPS) is 23.7. The summed E-state index contributed by atoms with van der Waals surface area (Å²) in [6.45, 7) is 1.18. The molecular formula is C12H14BrNO3. The average Bonchev–Trinajstić information content (AvgIpc) is 2.76. The quantitative estimate of drug-likeness (QED) is 0.846. The van der Waals surface area contributed by atoms with Gasteiger partial charge in [0.15, 0.2) is 0 Å². The number of benzene rings is 1. The maximum Gasteiger partial charge on any atom is 0.339 e. The van der Waals surface area contributed by atoms with Crippen molar-refractivity contribution in [2.45, 2.75) is 12.0 Å². The summed E-state index contributed by atoms with van der Waals surface area (Å²) < 4.78 is 10.7. The predicted octanol–water partition coefficient (Wildman–Crippen LogP) is 1.81. The molecule has 92 valence electrons. The molecule has 1 aromatic rings. The van der Waals surface area contributed by atoms with E-state index in [4.69, 9.17) is 10.5 Å². The lowest BCUT2D eigenvalue weighted by Crippen LogP contribution is -2.37. The molecule has 1 aliphatic rings. The molecular weight excluding hydrogens is 286 g/mol. The Labute approximate surface area is 108 Å². The average molecular weight is 300 g/mol. The number of halogens is 1. The first-order valence-electron chi connectivity index (χ1n) is 5.32. The number of methoxy groups -OCH3 is 1. The van der Waals surface area contributed by atoms with Crippen LogP contribution in [0.3, 0.4) is 0 Å². The fourth-order valence-corrected chi connectivity index (χ4v) is 2.45. The van der Waals surface area contributed by atoms with E-state index < -0.39 is 5.54 Å². The Morgan fingerprint density at radius 1 is 1.59 bits per heavy atom. The van der Waals surface area contributed by atoms with Gasteiger partial charge in [-0.05, 0) is 40.0 Å². The molecule has 4 nitrogen and oxygen atoms in total. The fourth-order valence-electron chi connectivity index (χ4n) is 1.91. The van der Waals surface area contributed by atoms with Crippen LogP contribution in [0.15, 0.2) is 22.7 Å². The van der Waals surface area contributed by atoms with Crippen molar-refractivity contribution >= 4 is 21.9 Å². The Kier molecular flexibility index (Phi) is 3.51. The van der Waals surface area contributed by atoms with Gasteiger partial charge in [-0.15, -0.1) is 0 Å². The van der Waals surface area contributed by atoms with Gasteiger partial charge in [-0.2, -0.15) is 0 Å². The molecule has 0 radical (unpaired) electrons. The maximum absolute atomic E-state index is 11.4. The number of hydrogen-bond acceptors (Lipinski definition) is 4. The van der Waals surface area contributed by atoms with Crippen molar-refractivity contribution in [3.05, 3.63) is 33.8 Å². The first-order valence-corrected chi connectivity index (χ1v) is 6.11. The number of rotatable bonds is 2. The molecule has 1 saturated heterocycles. The Hall–Kier alpha value is -0.910. The molecule has 1 aliphatic heterocycles. The number of esters is 1. The van der Waals surface area contributed by atoms with Crippen molar-refractivity contribution in [3.8, 4) is 0 Å². The highest BCUT2D eigenvalue weighted by Crippen LogP contribution is 2.30. The number of nitrogens with two attached hydrogens (primary N) is 1. The Bertz CT molecular complexity index is 441. The third kappa shape index (κ3) is 2.36. The Morgan fingerprint density at radius 3 is 2.88 bits per heavy atom. The monoisotopic (exact) mass is 299 g/mol. The molecule has 17 heavy (non-hydrogen) atoms. The first-order chi connectivity index (χ1) is 8.07. The van der Waals surface area contributed by atoms with E-state index in [1.54, 1.807) is 6.07 Å². The summed E-state index contributed by atoms with van der Waals surface area (Å²) in [5.41, 5.74) is 7.26. The molecule has 0 spiro atoms. The smallest absolute Gasteiger partial charge is 0.339 e. The molecule has 0 bridgehead atoms. The minimum Gasteiger partial charge on any atom is -0.465 e. The minimum atomic E-state index is -0.447. The highest BCUT2D eigenvalue weighted by atomic mass is 79.9. The number of carbonyl (C=O) groups is 1. The molecule has 2 N–H and O–H groups in total. The molecule has 0 amide bonds. The van der Waals surface area contributed by atoms with Gasteiger partial charge in [0.25, 0.3) is 0 Å². The van der Waals surface area contributed by atoms with Crippen LogP contribution in [0.5, 0.6) is 0 Å². The molecule has 5 heteroatoms. The van der Waals surface area contributed by atoms with Crippen LogP contribution in [0.4, 0.5) is 0 Å². The summed E-state index contributed by atoms with van der Waals surface area (Å²) in [6, 6.07) is 5.44. The van der Waals surface area contributed by atoms with Crippen molar-refractivity contribution in [2.75, 3.05) is 20.3 Å². The van der Waals surface area contributed by atoms with Crippen LogP contribution in [0.2, 0.25) is 0 Å². The number of carbonyl (C=O) groups excluding carboxylic acids is 1. The zero-order valence-corrected chi connectivity index (χ0v) is 11.1. The third-order valence-electron chi connectivity index (χ3n) is 3.00. The molecule has 1 aromatic carbocycles. The van der Waals surface area contributed by atoms with Gasteiger partial charge in [-0.3, -0.25) is 0 Å². The molecule has 2 rings (SSSR count). The molecule has 1 heterocycles. The molecule has 1 atom stereocenters. The van der Waals surface area contributed by atoms with Gasteiger partial charge in [-0.25, -0.2) is 4.79 Å². The summed E-state index contributed by atoms with van der Waals surface area (Å²) in [6.07, 6.45) is 0.789. The largest absolute Gasteiger partial charge is 0.465 e. The van der Waals surface area contributed by atoms with E-state index in [1.807, 2.05) is 12.1 Å². The first kappa shape index (κ1) is 12.5. The minimum absolute atomic E-state index is 0.364. The van der Waals surface area contributed by atoms with E-state index in [2.05, 4.69) is 20.7 Å². The Morgan fingerprint density at radius 2 is 2.35 bits per heavy atom. The van der Waals surface area contributed by atoms with Crippen molar-refractivity contribution in [3.63, 3.8) is 0 Å². The van der Waals surface area contributed by atoms with Gasteiger partial charge in [0.05, 0.1) is 24.8 Å². The van der Waals surface area contributed by atoms with Crippen LogP contribution in [0, 0.1) is 0 Å². The van der Waals surface area contributed by atoms with Crippen LogP contribution in [0.1, 0.15) is 22.3 Å². The van der Waals surface area contributed by atoms with Crippen LogP contribution in [-0.2, 0) is 15.0 Å². The zero-order chi connectivity index (χ0) is 12.5. The maximum atomic E-state index is 11.4. The van der Waals surface area contributed by atoms with Gasteiger partial charge < -0.3 is 15.2 Å². The molecule has 1 unspecified atom stereocenters. The van der Waals surface area contributed by atoms with Crippen molar-refractivity contribution in [2.24, 2.45) is 5.73 Å². The van der Waals surface area contributed by atoms with E-state index in [-0.39, 0.29) is 5.97 Å². The Balaban J connectivity index is 2.33. The lowest BCUT2D eigenvalue weighted by atomic mass is 9.90. The molecule has 0 aliphatic carbocycles. The van der Waals surface area contributed by atoms with Gasteiger partial charge in [-0.1, -0.05) is 6.07 Å². The molecule has 0 aromatic heterocycles. The SMILES string of the molecule is COC(=O)c1ccc(C2(N)CCOC2)cc1Br. The highest BCUT2D eigenvalue weighted by molar-refractivity contribution is 9.10. The summed E-state index contributed by atoms with van der Waals surface area (Å²) >= 11 is 3.36. The topological polar surface area (TPSA) is 61.5 Å². The van der Waals surface area contributed by atoms with E-state index >= 15 is 0 Å². The highest BCUT2D eigenvalue weighted by Gasteiger charge is 2.32. The summed E-state index contributed by atoms with van der Waals surface area (Å²) in [5.74, 6) is -0.364. The van der Waals surface area contributed by atoms with Gasteiger partial charge >= 0.3 is 5.97 Å². The van der Waals surface area contributed by atoms with Gasteiger partial charge in [0.1, 0.15) is 0 Å². The van der Waals surface area contributed by atoms with Crippen molar-refractivity contribution in [1.82, 2.24) is 0 Å². The second kappa shape index (κ2) is 4.76. The van der Waals surface area contributed by atoms with Crippen LogP contribution in [-0.4, -0.2) is 26.3 Å². The fraction of sp³-hybridized carbons (Fsp3) is 0.417. The van der Waals surface area contributed by atoms with Crippen molar-refractivity contribution < 1.29 is 14.3 Å². The van der Waals surface area contributed by atoms with Crippen LogP contribution < -0.4 is 5.73 Å². The number of hydrogen-bond donors (Lipinski definition) is 1. The van der Waals surface area contributed by atoms with E-state index in [0.717, 1.165) is 12.0 Å². The summed E-state index contributed by atoms with van der Waals surface area (Å²) in [7, 11) is 1.36. The lowest BCUT2D eigenvalue weighted by molar-refractivity contribution is 0.0599.